The van der Waals surface area contributed by atoms with Gasteiger partial charge in [-0.25, -0.2) is 0 Å². The van der Waals surface area contributed by atoms with Crippen LogP contribution >= 0.6 is 0 Å². The standard InChI is InChI=1S/C17H30N2/c1-16(2)11-18-3-4-19(16)12-17-8-13-5-14(9-17)7-15(6-13)10-17/h13-15,18H,3-12H2,1-2H3. The Morgan fingerprint density at radius 2 is 1.58 bits per heavy atom. The number of hydrogen-bond donors (Lipinski definition) is 1. The van der Waals surface area contributed by atoms with Crippen molar-refractivity contribution in [3.05, 3.63) is 0 Å². The molecule has 4 saturated carbocycles. The number of nitrogens with one attached hydrogen (secondary N) is 1. The summed E-state index contributed by atoms with van der Waals surface area (Å²) in [5, 5.41) is 3.57. The molecule has 0 atom stereocenters. The van der Waals surface area contributed by atoms with Gasteiger partial charge in [-0.15, -0.1) is 0 Å². The molecular formula is C17H30N2. The molecule has 5 fully saturated rings. The summed E-state index contributed by atoms with van der Waals surface area (Å²) >= 11 is 0. The fourth-order valence-corrected chi connectivity index (χ4v) is 6.20. The average Bonchev–Trinajstić information content (AvgIpc) is 2.30. The molecule has 19 heavy (non-hydrogen) atoms. The van der Waals surface area contributed by atoms with Gasteiger partial charge in [-0.1, -0.05) is 0 Å². The maximum Gasteiger partial charge on any atom is 0.0278 e. The van der Waals surface area contributed by atoms with Crippen LogP contribution in [0.2, 0.25) is 0 Å². The lowest BCUT2D eigenvalue weighted by atomic mass is 9.49. The van der Waals surface area contributed by atoms with Gasteiger partial charge in [0.15, 0.2) is 0 Å². The Morgan fingerprint density at radius 3 is 2.11 bits per heavy atom. The Morgan fingerprint density at radius 1 is 1.00 bits per heavy atom. The van der Waals surface area contributed by atoms with Crippen molar-refractivity contribution in [2.45, 2.75) is 57.9 Å². The predicted octanol–water partition coefficient (Wildman–Crippen LogP) is 2.89. The highest BCUT2D eigenvalue weighted by atomic mass is 15.3. The van der Waals surface area contributed by atoms with Gasteiger partial charge in [-0.2, -0.15) is 0 Å². The molecule has 5 aliphatic rings. The first-order valence-electron chi connectivity index (χ1n) is 8.51. The smallest absolute Gasteiger partial charge is 0.0278 e. The molecule has 5 rings (SSSR count). The van der Waals surface area contributed by atoms with Crippen LogP contribution in [0.25, 0.3) is 0 Å². The van der Waals surface area contributed by atoms with Crippen molar-refractivity contribution in [1.29, 1.82) is 0 Å². The van der Waals surface area contributed by atoms with Crippen LogP contribution in [-0.2, 0) is 0 Å². The molecule has 1 saturated heterocycles. The van der Waals surface area contributed by atoms with Crippen molar-refractivity contribution in [3.63, 3.8) is 0 Å². The van der Waals surface area contributed by atoms with Crippen LogP contribution in [0.4, 0.5) is 0 Å². The van der Waals surface area contributed by atoms with E-state index in [1.807, 2.05) is 0 Å². The minimum atomic E-state index is 0.363. The zero-order valence-corrected chi connectivity index (χ0v) is 12.8. The van der Waals surface area contributed by atoms with Crippen LogP contribution in [0.1, 0.15) is 52.4 Å². The second kappa shape index (κ2) is 4.21. The van der Waals surface area contributed by atoms with E-state index in [0.717, 1.165) is 17.8 Å². The third-order valence-electron chi connectivity index (χ3n) is 6.66. The van der Waals surface area contributed by atoms with E-state index in [0.29, 0.717) is 11.0 Å². The van der Waals surface area contributed by atoms with Crippen LogP contribution < -0.4 is 5.32 Å². The first-order valence-corrected chi connectivity index (χ1v) is 8.51. The lowest BCUT2D eigenvalue weighted by molar-refractivity contribution is -0.0852. The van der Waals surface area contributed by atoms with Gasteiger partial charge in [0.05, 0.1) is 0 Å². The summed E-state index contributed by atoms with van der Waals surface area (Å²) in [5.74, 6) is 3.28. The fraction of sp³-hybridized carbons (Fsp3) is 1.00. The van der Waals surface area contributed by atoms with Crippen molar-refractivity contribution >= 4 is 0 Å². The van der Waals surface area contributed by atoms with Crippen LogP contribution in [0.15, 0.2) is 0 Å². The van der Waals surface area contributed by atoms with Crippen molar-refractivity contribution in [2.24, 2.45) is 23.2 Å². The second-order valence-electron chi connectivity index (χ2n) is 8.83. The van der Waals surface area contributed by atoms with Crippen LogP contribution in [0.5, 0.6) is 0 Å². The lowest BCUT2D eigenvalue weighted by Crippen LogP contribution is -2.62. The molecule has 0 radical (unpaired) electrons. The van der Waals surface area contributed by atoms with Gasteiger partial charge in [0.1, 0.15) is 0 Å². The van der Waals surface area contributed by atoms with Gasteiger partial charge in [0.2, 0.25) is 0 Å². The first kappa shape index (κ1) is 12.6. The maximum absolute atomic E-state index is 3.57. The summed E-state index contributed by atoms with van der Waals surface area (Å²) in [5.41, 5.74) is 1.07. The highest BCUT2D eigenvalue weighted by molar-refractivity contribution is 5.04. The van der Waals surface area contributed by atoms with E-state index in [9.17, 15) is 0 Å². The van der Waals surface area contributed by atoms with E-state index in [1.165, 1.54) is 26.2 Å². The zero-order chi connectivity index (χ0) is 13.1. The van der Waals surface area contributed by atoms with E-state index in [-0.39, 0.29) is 0 Å². The summed E-state index contributed by atoms with van der Waals surface area (Å²) in [6, 6.07) is 0. The van der Waals surface area contributed by atoms with Crippen molar-refractivity contribution in [2.75, 3.05) is 26.2 Å². The second-order valence-corrected chi connectivity index (χ2v) is 8.83. The van der Waals surface area contributed by atoms with Crippen LogP contribution in [-0.4, -0.2) is 36.6 Å². The van der Waals surface area contributed by atoms with E-state index < -0.39 is 0 Å². The molecule has 0 spiro atoms. The van der Waals surface area contributed by atoms with Crippen molar-refractivity contribution in [3.8, 4) is 0 Å². The first-order chi connectivity index (χ1) is 9.05. The molecular weight excluding hydrogens is 232 g/mol. The molecule has 0 amide bonds. The third kappa shape index (κ3) is 2.15. The molecule has 0 unspecified atom stereocenters. The van der Waals surface area contributed by atoms with E-state index in [1.54, 1.807) is 38.5 Å². The molecule has 4 aliphatic carbocycles. The van der Waals surface area contributed by atoms with Gasteiger partial charge in [0, 0.05) is 31.7 Å². The molecule has 108 valence electrons. The van der Waals surface area contributed by atoms with E-state index in [2.05, 4.69) is 24.1 Å². The molecule has 0 aromatic heterocycles. The van der Waals surface area contributed by atoms with E-state index >= 15 is 0 Å². The van der Waals surface area contributed by atoms with Gasteiger partial charge >= 0.3 is 0 Å². The highest BCUT2D eigenvalue weighted by Gasteiger charge is 2.52. The Kier molecular flexibility index (Phi) is 2.80. The number of nitrogens with zero attached hydrogens (tertiary/aromatic N) is 1. The summed E-state index contributed by atoms with van der Waals surface area (Å²) in [7, 11) is 0. The quantitative estimate of drug-likeness (QED) is 0.823. The fourth-order valence-electron chi connectivity index (χ4n) is 6.20. The van der Waals surface area contributed by atoms with Crippen molar-refractivity contribution in [1.82, 2.24) is 10.2 Å². The normalized spacial score (nSPS) is 48.6. The minimum absolute atomic E-state index is 0.363. The summed E-state index contributed by atoms with van der Waals surface area (Å²) in [4.78, 5) is 2.82. The van der Waals surface area contributed by atoms with Gasteiger partial charge < -0.3 is 5.32 Å². The van der Waals surface area contributed by atoms with Gasteiger partial charge in [-0.3, -0.25) is 4.90 Å². The SMILES string of the molecule is CC1(C)CNCCN1CC12CC3CC(CC(C3)C1)C2. The largest absolute Gasteiger partial charge is 0.314 e. The summed E-state index contributed by atoms with van der Waals surface area (Å²) in [6.45, 7) is 9.87. The van der Waals surface area contributed by atoms with Crippen molar-refractivity contribution < 1.29 is 0 Å². The summed E-state index contributed by atoms with van der Waals surface area (Å²) in [6.07, 6.45) is 9.38. The molecule has 0 aromatic carbocycles. The molecule has 4 bridgehead atoms. The number of hydrogen-bond acceptors (Lipinski definition) is 2. The molecule has 2 heteroatoms. The maximum atomic E-state index is 3.57. The van der Waals surface area contributed by atoms with E-state index in [4.69, 9.17) is 0 Å². The molecule has 2 nitrogen and oxygen atoms in total. The van der Waals surface area contributed by atoms with Gasteiger partial charge in [0.25, 0.3) is 0 Å². The molecule has 1 N–H and O–H groups in total. The molecule has 1 heterocycles. The number of piperazine rings is 1. The van der Waals surface area contributed by atoms with Gasteiger partial charge in [-0.05, 0) is 75.5 Å². The lowest BCUT2D eigenvalue weighted by Gasteiger charge is -2.59. The minimum Gasteiger partial charge on any atom is -0.314 e. The average molecular weight is 262 g/mol. The topological polar surface area (TPSA) is 15.3 Å². The monoisotopic (exact) mass is 262 g/mol. The Balaban J connectivity index is 1.52. The Hall–Kier alpha value is -0.0800. The molecule has 1 aliphatic heterocycles. The van der Waals surface area contributed by atoms with Crippen LogP contribution in [0.3, 0.4) is 0 Å². The Labute approximate surface area is 118 Å². The zero-order valence-electron chi connectivity index (χ0n) is 12.8. The number of rotatable bonds is 2. The highest BCUT2D eigenvalue weighted by Crippen LogP contribution is 2.60. The summed E-state index contributed by atoms with van der Waals surface area (Å²) < 4.78 is 0. The third-order valence-corrected chi connectivity index (χ3v) is 6.66. The predicted molar refractivity (Wildman–Crippen MR) is 79.1 cm³/mol. The molecule has 0 aromatic rings. The Bertz CT molecular complexity index is 325. The van der Waals surface area contributed by atoms with Crippen LogP contribution in [0, 0.1) is 23.2 Å².